The Morgan fingerprint density at radius 3 is 2.89 bits per heavy atom. The Kier molecular flexibility index (Phi) is 4.14. The van der Waals surface area contributed by atoms with Gasteiger partial charge in [0.05, 0.1) is 12.5 Å². The van der Waals surface area contributed by atoms with Crippen molar-refractivity contribution in [3.63, 3.8) is 0 Å². The quantitative estimate of drug-likeness (QED) is 0.789. The van der Waals surface area contributed by atoms with Crippen LogP contribution in [0.15, 0.2) is 24.4 Å². The molecule has 0 aliphatic heterocycles. The van der Waals surface area contributed by atoms with Crippen molar-refractivity contribution in [1.29, 1.82) is 5.26 Å². The van der Waals surface area contributed by atoms with Gasteiger partial charge in [0, 0.05) is 24.9 Å². The Hall–Kier alpha value is -2.35. The van der Waals surface area contributed by atoms with E-state index in [-0.39, 0.29) is 0 Å². The summed E-state index contributed by atoms with van der Waals surface area (Å²) in [6.07, 6.45) is 7.03. The van der Waals surface area contributed by atoms with Crippen LogP contribution in [0.4, 0.5) is 5.82 Å². The maximum Gasteiger partial charge on any atom is 0.328 e. The number of carbonyl (C=O) groups is 1. The third-order valence-corrected chi connectivity index (χ3v) is 2.94. The van der Waals surface area contributed by atoms with Gasteiger partial charge in [-0.1, -0.05) is 0 Å². The largest absolute Gasteiger partial charge is 0.478 e. The molecule has 0 spiro atoms. The van der Waals surface area contributed by atoms with Gasteiger partial charge in [-0.3, -0.25) is 0 Å². The molecule has 1 fully saturated rings. The van der Waals surface area contributed by atoms with Crippen LogP contribution in [0.1, 0.15) is 24.8 Å². The second kappa shape index (κ2) is 6.01. The summed E-state index contributed by atoms with van der Waals surface area (Å²) in [7, 11) is 0. The van der Waals surface area contributed by atoms with E-state index in [4.69, 9.17) is 10.4 Å². The lowest BCUT2D eigenvalue weighted by Gasteiger charge is -2.22. The van der Waals surface area contributed by atoms with Gasteiger partial charge in [0.1, 0.15) is 5.82 Å². The van der Waals surface area contributed by atoms with E-state index < -0.39 is 5.97 Å². The summed E-state index contributed by atoms with van der Waals surface area (Å²) in [5, 5.41) is 17.2. The molecule has 1 N–H and O–H groups in total. The molecule has 1 aromatic rings. The van der Waals surface area contributed by atoms with Crippen LogP contribution >= 0.6 is 0 Å². The number of hydrogen-bond acceptors (Lipinski definition) is 4. The molecule has 0 bridgehead atoms. The van der Waals surface area contributed by atoms with Crippen molar-refractivity contribution in [2.24, 2.45) is 0 Å². The van der Waals surface area contributed by atoms with Crippen LogP contribution in [0.5, 0.6) is 0 Å². The molecular formula is C14H15N3O2. The molecule has 5 heteroatoms. The number of anilines is 1. The van der Waals surface area contributed by atoms with E-state index in [2.05, 4.69) is 16.0 Å². The fourth-order valence-electron chi connectivity index (χ4n) is 1.87. The molecule has 1 heterocycles. The molecule has 0 unspecified atom stereocenters. The molecule has 0 amide bonds. The van der Waals surface area contributed by atoms with Crippen LogP contribution in [-0.4, -0.2) is 28.6 Å². The van der Waals surface area contributed by atoms with Gasteiger partial charge in [-0.05, 0) is 36.6 Å². The predicted molar refractivity (Wildman–Crippen MR) is 71.5 cm³/mol. The van der Waals surface area contributed by atoms with Crippen LogP contribution in [0.2, 0.25) is 0 Å². The van der Waals surface area contributed by atoms with E-state index in [1.54, 1.807) is 6.20 Å². The zero-order valence-corrected chi connectivity index (χ0v) is 10.5. The Balaban J connectivity index is 2.07. The highest BCUT2D eigenvalue weighted by Crippen LogP contribution is 2.30. The van der Waals surface area contributed by atoms with Gasteiger partial charge in [-0.2, -0.15) is 5.26 Å². The Morgan fingerprint density at radius 1 is 1.58 bits per heavy atom. The van der Waals surface area contributed by atoms with E-state index in [1.165, 1.54) is 6.08 Å². The fraction of sp³-hybridized carbons (Fsp3) is 0.357. The van der Waals surface area contributed by atoms with Crippen LogP contribution in [0.25, 0.3) is 6.08 Å². The van der Waals surface area contributed by atoms with E-state index in [1.807, 2.05) is 12.1 Å². The maximum atomic E-state index is 10.4. The van der Waals surface area contributed by atoms with Crippen LogP contribution in [0.3, 0.4) is 0 Å². The number of carboxylic acids is 1. The van der Waals surface area contributed by atoms with Crippen molar-refractivity contribution in [2.75, 3.05) is 11.4 Å². The molecule has 2 rings (SSSR count). The number of nitriles is 1. The molecule has 0 saturated heterocycles. The highest BCUT2D eigenvalue weighted by molar-refractivity contribution is 5.85. The summed E-state index contributed by atoms with van der Waals surface area (Å²) in [6.45, 7) is 0.693. The molecule has 1 aliphatic rings. The first-order valence-electron chi connectivity index (χ1n) is 6.21. The van der Waals surface area contributed by atoms with Gasteiger partial charge in [-0.25, -0.2) is 9.78 Å². The van der Waals surface area contributed by atoms with Crippen molar-refractivity contribution >= 4 is 17.9 Å². The Labute approximate surface area is 111 Å². The minimum absolute atomic E-state index is 0.485. The van der Waals surface area contributed by atoms with E-state index in [9.17, 15) is 4.79 Å². The SMILES string of the molecule is N#CCCN(c1ccc(/C=C/C(=O)O)cn1)C1CC1. The van der Waals surface area contributed by atoms with Crippen molar-refractivity contribution in [2.45, 2.75) is 25.3 Å². The molecule has 0 aromatic carbocycles. The summed E-state index contributed by atoms with van der Waals surface area (Å²) in [5.41, 5.74) is 0.752. The fourth-order valence-corrected chi connectivity index (χ4v) is 1.87. The Bertz CT molecular complexity index is 512. The minimum Gasteiger partial charge on any atom is -0.478 e. The number of aromatic nitrogens is 1. The number of carboxylic acid groups (broad SMARTS) is 1. The average molecular weight is 257 g/mol. The van der Waals surface area contributed by atoms with E-state index >= 15 is 0 Å². The molecule has 0 atom stereocenters. The third-order valence-electron chi connectivity index (χ3n) is 2.94. The second-order valence-electron chi connectivity index (χ2n) is 4.45. The van der Waals surface area contributed by atoms with Gasteiger partial charge in [0.15, 0.2) is 0 Å². The lowest BCUT2D eigenvalue weighted by Crippen LogP contribution is -2.27. The molecule has 1 aliphatic carbocycles. The van der Waals surface area contributed by atoms with E-state index in [0.29, 0.717) is 19.0 Å². The summed E-state index contributed by atoms with van der Waals surface area (Å²) in [5.74, 6) is -0.122. The van der Waals surface area contributed by atoms with Crippen molar-refractivity contribution < 1.29 is 9.90 Å². The molecule has 98 valence electrons. The highest BCUT2D eigenvalue weighted by Gasteiger charge is 2.29. The van der Waals surface area contributed by atoms with Gasteiger partial charge in [0.25, 0.3) is 0 Å². The van der Waals surface area contributed by atoms with Crippen LogP contribution < -0.4 is 4.90 Å². The zero-order chi connectivity index (χ0) is 13.7. The summed E-state index contributed by atoms with van der Waals surface area (Å²) in [4.78, 5) is 16.9. The first-order chi connectivity index (χ1) is 9.20. The van der Waals surface area contributed by atoms with Gasteiger partial charge < -0.3 is 10.0 Å². The number of nitrogens with zero attached hydrogens (tertiary/aromatic N) is 3. The minimum atomic E-state index is -0.974. The second-order valence-corrected chi connectivity index (χ2v) is 4.45. The number of hydrogen-bond donors (Lipinski definition) is 1. The normalized spacial score (nSPS) is 14.3. The molecule has 19 heavy (non-hydrogen) atoms. The zero-order valence-electron chi connectivity index (χ0n) is 10.5. The third kappa shape index (κ3) is 3.81. The van der Waals surface area contributed by atoms with E-state index in [0.717, 1.165) is 30.3 Å². The molecule has 5 nitrogen and oxygen atoms in total. The van der Waals surface area contributed by atoms with Gasteiger partial charge >= 0.3 is 5.97 Å². The van der Waals surface area contributed by atoms with Crippen molar-refractivity contribution in [3.05, 3.63) is 30.0 Å². The molecular weight excluding hydrogens is 242 g/mol. The smallest absolute Gasteiger partial charge is 0.328 e. The topological polar surface area (TPSA) is 77.2 Å². The lowest BCUT2D eigenvalue weighted by molar-refractivity contribution is -0.131. The van der Waals surface area contributed by atoms with Crippen molar-refractivity contribution in [1.82, 2.24) is 4.98 Å². The number of aliphatic carboxylic acids is 1. The summed E-state index contributed by atoms with van der Waals surface area (Å²) < 4.78 is 0. The highest BCUT2D eigenvalue weighted by atomic mass is 16.4. The van der Waals surface area contributed by atoms with Gasteiger partial charge in [-0.15, -0.1) is 0 Å². The predicted octanol–water partition coefficient (Wildman–Crippen LogP) is 2.06. The monoisotopic (exact) mass is 257 g/mol. The Morgan fingerprint density at radius 2 is 2.37 bits per heavy atom. The average Bonchev–Trinajstić information content (AvgIpc) is 3.23. The van der Waals surface area contributed by atoms with Crippen LogP contribution in [0, 0.1) is 11.3 Å². The molecule has 0 radical (unpaired) electrons. The maximum absolute atomic E-state index is 10.4. The first-order valence-corrected chi connectivity index (χ1v) is 6.21. The summed E-state index contributed by atoms with van der Waals surface area (Å²) >= 11 is 0. The standard InChI is InChI=1S/C14H15N3O2/c15-8-1-9-17(12-4-5-12)13-6-2-11(10-16-13)3-7-14(18)19/h2-3,6-7,10,12H,1,4-5,9H2,(H,18,19)/b7-3+. The van der Waals surface area contributed by atoms with Crippen molar-refractivity contribution in [3.8, 4) is 6.07 Å². The van der Waals surface area contributed by atoms with Gasteiger partial charge in [0.2, 0.25) is 0 Å². The lowest BCUT2D eigenvalue weighted by atomic mass is 10.2. The number of rotatable bonds is 6. The molecule has 1 saturated carbocycles. The van der Waals surface area contributed by atoms with Crippen LogP contribution in [-0.2, 0) is 4.79 Å². The first kappa shape index (κ1) is 13.1. The molecule has 1 aromatic heterocycles. The summed E-state index contributed by atoms with van der Waals surface area (Å²) in [6, 6.07) is 6.36. The number of pyridine rings is 1.